The average Bonchev–Trinajstić information content (AvgIpc) is 2.79. The predicted molar refractivity (Wildman–Crippen MR) is 125 cm³/mol. The second-order valence-electron chi connectivity index (χ2n) is 7.25. The predicted octanol–water partition coefficient (Wildman–Crippen LogP) is 6.91. The van der Waals surface area contributed by atoms with Gasteiger partial charge in [-0.05, 0) is 59.0 Å². The summed E-state index contributed by atoms with van der Waals surface area (Å²) in [7, 11) is 0. The van der Waals surface area contributed by atoms with Crippen molar-refractivity contribution >= 4 is 17.5 Å². The molecule has 3 heteroatoms. The van der Waals surface area contributed by atoms with Crippen LogP contribution in [0.1, 0.15) is 21.5 Å². The van der Waals surface area contributed by atoms with Gasteiger partial charge in [-0.1, -0.05) is 90.0 Å². The number of carbonyl (C=O) groups is 1. The van der Waals surface area contributed by atoms with Crippen molar-refractivity contribution in [2.75, 3.05) is 0 Å². The van der Waals surface area contributed by atoms with Gasteiger partial charge < -0.3 is 5.32 Å². The van der Waals surface area contributed by atoms with Crippen LogP contribution in [0.2, 0.25) is 5.02 Å². The molecule has 148 valence electrons. The maximum atomic E-state index is 12.7. The molecule has 30 heavy (non-hydrogen) atoms. The van der Waals surface area contributed by atoms with E-state index in [1.165, 1.54) is 5.56 Å². The molecule has 4 aromatic carbocycles. The van der Waals surface area contributed by atoms with E-state index in [0.29, 0.717) is 17.1 Å². The van der Waals surface area contributed by atoms with Crippen LogP contribution in [0.5, 0.6) is 0 Å². The third kappa shape index (κ3) is 4.45. The van der Waals surface area contributed by atoms with Crippen LogP contribution in [-0.2, 0) is 6.54 Å². The van der Waals surface area contributed by atoms with Gasteiger partial charge in [-0.2, -0.15) is 0 Å². The van der Waals surface area contributed by atoms with Crippen molar-refractivity contribution < 1.29 is 4.79 Å². The zero-order valence-corrected chi connectivity index (χ0v) is 17.5. The van der Waals surface area contributed by atoms with E-state index < -0.39 is 0 Å². The maximum Gasteiger partial charge on any atom is 0.251 e. The van der Waals surface area contributed by atoms with E-state index in [0.717, 1.165) is 27.8 Å². The largest absolute Gasteiger partial charge is 0.348 e. The normalized spacial score (nSPS) is 10.6. The van der Waals surface area contributed by atoms with Crippen LogP contribution in [-0.4, -0.2) is 5.91 Å². The highest BCUT2D eigenvalue weighted by Gasteiger charge is 2.14. The number of rotatable bonds is 5. The Morgan fingerprint density at radius 1 is 0.733 bits per heavy atom. The summed E-state index contributed by atoms with van der Waals surface area (Å²) in [6.45, 7) is 2.50. The molecule has 0 aliphatic carbocycles. The molecule has 0 spiro atoms. The maximum absolute atomic E-state index is 12.7. The van der Waals surface area contributed by atoms with Crippen molar-refractivity contribution in [1.82, 2.24) is 5.32 Å². The van der Waals surface area contributed by atoms with E-state index in [4.69, 9.17) is 11.6 Å². The molecule has 0 fully saturated rings. The SMILES string of the molecule is Cc1ccc(-c2cccc(-c3ccc(Cl)cc3)c2CNC(=O)c2ccccc2)cc1. The Morgan fingerprint density at radius 3 is 1.90 bits per heavy atom. The van der Waals surface area contributed by atoms with Crippen molar-refractivity contribution in [3.8, 4) is 22.3 Å². The minimum absolute atomic E-state index is 0.0867. The van der Waals surface area contributed by atoms with E-state index in [1.807, 2.05) is 54.6 Å². The topological polar surface area (TPSA) is 29.1 Å². The molecule has 4 aromatic rings. The Kier molecular flexibility index (Phi) is 5.97. The summed E-state index contributed by atoms with van der Waals surface area (Å²) in [4.78, 5) is 12.7. The molecule has 0 heterocycles. The summed E-state index contributed by atoms with van der Waals surface area (Å²) in [5, 5.41) is 3.79. The first kappa shape index (κ1) is 19.9. The highest BCUT2D eigenvalue weighted by Crippen LogP contribution is 2.33. The number of amides is 1. The molecule has 0 saturated heterocycles. The first-order chi connectivity index (χ1) is 14.6. The summed E-state index contributed by atoms with van der Waals surface area (Å²) in [6.07, 6.45) is 0. The van der Waals surface area contributed by atoms with E-state index in [1.54, 1.807) is 0 Å². The summed E-state index contributed by atoms with van der Waals surface area (Å²) >= 11 is 6.09. The third-order valence-corrected chi connectivity index (χ3v) is 5.41. The van der Waals surface area contributed by atoms with Crippen molar-refractivity contribution in [2.45, 2.75) is 13.5 Å². The smallest absolute Gasteiger partial charge is 0.251 e. The Labute approximate surface area is 182 Å². The summed E-state index contributed by atoms with van der Waals surface area (Å²) in [5.74, 6) is -0.0867. The lowest BCUT2D eigenvalue weighted by molar-refractivity contribution is 0.0951. The Hall–Kier alpha value is -3.36. The molecule has 4 rings (SSSR count). The molecule has 0 bridgehead atoms. The van der Waals surface area contributed by atoms with Crippen LogP contribution in [0.3, 0.4) is 0 Å². The fourth-order valence-electron chi connectivity index (χ4n) is 3.54. The van der Waals surface area contributed by atoms with Crippen LogP contribution in [0.4, 0.5) is 0 Å². The third-order valence-electron chi connectivity index (χ3n) is 5.16. The highest BCUT2D eigenvalue weighted by atomic mass is 35.5. The van der Waals surface area contributed by atoms with E-state index >= 15 is 0 Å². The first-order valence-corrected chi connectivity index (χ1v) is 10.3. The van der Waals surface area contributed by atoms with Gasteiger partial charge in [0, 0.05) is 17.1 Å². The van der Waals surface area contributed by atoms with E-state index in [9.17, 15) is 4.79 Å². The van der Waals surface area contributed by atoms with Crippen LogP contribution in [0.15, 0.2) is 97.1 Å². The van der Waals surface area contributed by atoms with Crippen LogP contribution < -0.4 is 5.32 Å². The monoisotopic (exact) mass is 411 g/mol. The lowest BCUT2D eigenvalue weighted by atomic mass is 9.91. The van der Waals surface area contributed by atoms with Crippen molar-refractivity contribution in [1.29, 1.82) is 0 Å². The van der Waals surface area contributed by atoms with Crippen molar-refractivity contribution in [3.05, 3.63) is 119 Å². The van der Waals surface area contributed by atoms with Crippen LogP contribution >= 0.6 is 11.6 Å². The molecule has 0 atom stereocenters. The molecule has 1 amide bonds. The quantitative estimate of drug-likeness (QED) is 0.379. The summed E-state index contributed by atoms with van der Waals surface area (Å²) in [6, 6.07) is 31.8. The lowest BCUT2D eigenvalue weighted by Gasteiger charge is -2.17. The van der Waals surface area contributed by atoms with Crippen molar-refractivity contribution in [3.63, 3.8) is 0 Å². The van der Waals surface area contributed by atoms with Gasteiger partial charge in [-0.3, -0.25) is 4.79 Å². The van der Waals surface area contributed by atoms with Crippen LogP contribution in [0.25, 0.3) is 22.3 Å². The number of halogens is 1. The molecule has 0 saturated carbocycles. The summed E-state index contributed by atoms with van der Waals surface area (Å²) < 4.78 is 0. The van der Waals surface area contributed by atoms with Crippen molar-refractivity contribution in [2.24, 2.45) is 0 Å². The van der Waals surface area contributed by atoms with Gasteiger partial charge in [-0.25, -0.2) is 0 Å². The Balaban J connectivity index is 1.75. The molecular weight excluding hydrogens is 390 g/mol. The molecule has 0 aromatic heterocycles. The van der Waals surface area contributed by atoms with Crippen LogP contribution in [0, 0.1) is 6.92 Å². The second kappa shape index (κ2) is 8.98. The molecule has 0 aliphatic heterocycles. The van der Waals surface area contributed by atoms with Gasteiger partial charge in [0.15, 0.2) is 0 Å². The number of benzene rings is 4. The van der Waals surface area contributed by atoms with Gasteiger partial charge in [0.1, 0.15) is 0 Å². The van der Waals surface area contributed by atoms with Gasteiger partial charge in [-0.15, -0.1) is 0 Å². The lowest BCUT2D eigenvalue weighted by Crippen LogP contribution is -2.23. The number of hydrogen-bond acceptors (Lipinski definition) is 1. The first-order valence-electron chi connectivity index (χ1n) is 9.90. The van der Waals surface area contributed by atoms with Gasteiger partial charge >= 0.3 is 0 Å². The molecule has 2 nitrogen and oxygen atoms in total. The molecule has 0 aliphatic rings. The minimum atomic E-state index is -0.0867. The molecular formula is C27H22ClNO. The fraction of sp³-hybridized carbons (Fsp3) is 0.0741. The number of carbonyl (C=O) groups excluding carboxylic acids is 1. The van der Waals surface area contributed by atoms with Gasteiger partial charge in [0.05, 0.1) is 0 Å². The summed E-state index contributed by atoms with van der Waals surface area (Å²) in [5.41, 5.74) is 7.32. The fourth-order valence-corrected chi connectivity index (χ4v) is 3.67. The second-order valence-corrected chi connectivity index (χ2v) is 7.69. The number of hydrogen-bond donors (Lipinski definition) is 1. The minimum Gasteiger partial charge on any atom is -0.348 e. The number of nitrogens with one attached hydrogen (secondary N) is 1. The molecule has 0 radical (unpaired) electrons. The van der Waals surface area contributed by atoms with Gasteiger partial charge in [0.25, 0.3) is 5.91 Å². The zero-order chi connectivity index (χ0) is 20.9. The highest BCUT2D eigenvalue weighted by molar-refractivity contribution is 6.30. The van der Waals surface area contributed by atoms with Gasteiger partial charge in [0.2, 0.25) is 0 Å². The zero-order valence-electron chi connectivity index (χ0n) is 16.7. The number of aryl methyl sites for hydroxylation is 1. The Bertz CT molecular complexity index is 1090. The molecule has 1 N–H and O–H groups in total. The molecule has 0 unspecified atom stereocenters. The average molecular weight is 412 g/mol. The van der Waals surface area contributed by atoms with E-state index in [2.05, 4.69) is 54.7 Å². The Morgan fingerprint density at radius 2 is 1.30 bits per heavy atom. The van der Waals surface area contributed by atoms with E-state index in [-0.39, 0.29) is 5.91 Å². The standard InChI is InChI=1S/C27H22ClNO/c1-19-10-12-20(13-11-19)24-8-5-9-25(21-14-16-23(28)17-15-21)26(24)18-29-27(30)22-6-3-2-4-7-22/h2-17H,18H2,1H3,(H,29,30).